The summed E-state index contributed by atoms with van der Waals surface area (Å²) >= 11 is 0. The van der Waals surface area contributed by atoms with Crippen molar-refractivity contribution in [2.45, 2.75) is 61.6 Å². The third kappa shape index (κ3) is 3.92. The van der Waals surface area contributed by atoms with Crippen LogP contribution in [0.3, 0.4) is 0 Å². The van der Waals surface area contributed by atoms with Crippen LogP contribution in [0.2, 0.25) is 0 Å². The molecule has 142 valence electrons. The van der Waals surface area contributed by atoms with Crippen molar-refractivity contribution in [1.29, 1.82) is 0 Å². The Balaban J connectivity index is 1.76. The summed E-state index contributed by atoms with van der Waals surface area (Å²) in [5.41, 5.74) is 0.403. The molecule has 1 atom stereocenters. The van der Waals surface area contributed by atoms with E-state index in [9.17, 15) is 18.0 Å². The van der Waals surface area contributed by atoms with Crippen molar-refractivity contribution in [3.63, 3.8) is 0 Å². The van der Waals surface area contributed by atoms with Crippen molar-refractivity contribution >= 4 is 21.7 Å². The lowest BCUT2D eigenvalue weighted by Crippen LogP contribution is -2.38. The van der Waals surface area contributed by atoms with Crippen molar-refractivity contribution in [2.75, 3.05) is 6.54 Å². The number of hydrogen-bond donors (Lipinski definition) is 1. The summed E-state index contributed by atoms with van der Waals surface area (Å²) in [7, 11) is -3.34. The minimum Gasteiger partial charge on any atom is -0.481 e. The monoisotopic (exact) mass is 379 g/mol. The molecule has 1 amide bonds. The maximum Gasteiger partial charge on any atom is 0.308 e. The van der Waals surface area contributed by atoms with Gasteiger partial charge in [0.1, 0.15) is 0 Å². The zero-order valence-corrected chi connectivity index (χ0v) is 15.7. The molecule has 2 aliphatic rings. The fourth-order valence-electron chi connectivity index (χ4n) is 3.50. The molecular formula is C19H25NO5S. The molecule has 0 radical (unpaired) electrons. The van der Waals surface area contributed by atoms with Gasteiger partial charge in [0.25, 0.3) is 5.91 Å². The first-order chi connectivity index (χ1) is 12.3. The van der Waals surface area contributed by atoms with Gasteiger partial charge in [0.05, 0.1) is 16.1 Å². The zero-order chi connectivity index (χ0) is 18.9. The molecule has 0 spiro atoms. The fraction of sp³-hybridized carbons (Fsp3) is 0.579. The van der Waals surface area contributed by atoms with Crippen molar-refractivity contribution in [3.05, 3.63) is 29.8 Å². The molecule has 1 aromatic rings. The van der Waals surface area contributed by atoms with Crippen LogP contribution < -0.4 is 0 Å². The van der Waals surface area contributed by atoms with Crippen LogP contribution in [-0.2, 0) is 14.6 Å². The minimum absolute atomic E-state index is 0.0891. The SMILES string of the molecule is CC(CN(C(=O)c1ccc(S(=O)(=O)C2CCCC2)cc1)C1CC1)C(=O)O. The average molecular weight is 379 g/mol. The number of carbonyl (C=O) groups excluding carboxylic acids is 1. The number of aliphatic carboxylic acids is 1. The highest BCUT2D eigenvalue weighted by molar-refractivity contribution is 7.92. The van der Waals surface area contributed by atoms with Gasteiger partial charge in [-0.15, -0.1) is 0 Å². The summed E-state index contributed by atoms with van der Waals surface area (Å²) in [4.78, 5) is 25.8. The Kier molecular flexibility index (Phi) is 5.37. The molecule has 0 aliphatic heterocycles. The first-order valence-corrected chi connectivity index (χ1v) is 10.7. The Labute approximate surface area is 154 Å². The van der Waals surface area contributed by atoms with Gasteiger partial charge in [0.15, 0.2) is 9.84 Å². The first-order valence-electron chi connectivity index (χ1n) is 9.18. The molecule has 2 saturated carbocycles. The predicted molar refractivity (Wildman–Crippen MR) is 96.7 cm³/mol. The third-order valence-electron chi connectivity index (χ3n) is 5.31. The highest BCUT2D eigenvalue weighted by atomic mass is 32.2. The van der Waals surface area contributed by atoms with E-state index in [0.29, 0.717) is 18.4 Å². The highest BCUT2D eigenvalue weighted by Gasteiger charge is 2.35. The van der Waals surface area contributed by atoms with E-state index in [1.165, 1.54) is 12.1 Å². The number of carboxylic acid groups (broad SMARTS) is 1. The predicted octanol–water partition coefficient (Wildman–Crippen LogP) is 2.73. The molecule has 1 N–H and O–H groups in total. The molecule has 7 heteroatoms. The van der Waals surface area contributed by atoms with E-state index in [0.717, 1.165) is 25.7 Å². The molecule has 0 saturated heterocycles. The number of amides is 1. The summed E-state index contributed by atoms with van der Waals surface area (Å²) in [5.74, 6) is -1.80. The Bertz CT molecular complexity index is 777. The van der Waals surface area contributed by atoms with Gasteiger partial charge in [-0.1, -0.05) is 19.8 Å². The normalized spacial score (nSPS) is 19.3. The maximum atomic E-state index is 12.8. The number of nitrogens with zero attached hydrogens (tertiary/aromatic N) is 1. The number of hydrogen-bond acceptors (Lipinski definition) is 4. The smallest absolute Gasteiger partial charge is 0.308 e. The number of carboxylic acids is 1. The third-order valence-corrected chi connectivity index (χ3v) is 7.59. The average Bonchev–Trinajstić information content (AvgIpc) is 3.30. The van der Waals surface area contributed by atoms with Crippen LogP contribution in [0, 0.1) is 5.92 Å². The number of carbonyl (C=O) groups is 2. The van der Waals surface area contributed by atoms with Crippen molar-refractivity contribution in [3.8, 4) is 0 Å². The van der Waals surface area contributed by atoms with Gasteiger partial charge in [-0.05, 0) is 49.9 Å². The van der Waals surface area contributed by atoms with Crippen LogP contribution in [0.4, 0.5) is 0 Å². The topological polar surface area (TPSA) is 91.8 Å². The number of benzene rings is 1. The summed E-state index contributed by atoms with van der Waals surface area (Å²) in [5, 5.41) is 8.79. The van der Waals surface area contributed by atoms with Crippen LogP contribution in [0.5, 0.6) is 0 Å². The second-order valence-electron chi connectivity index (χ2n) is 7.40. The van der Waals surface area contributed by atoms with Crippen LogP contribution in [-0.4, -0.2) is 48.1 Å². The van der Waals surface area contributed by atoms with Gasteiger partial charge in [-0.2, -0.15) is 0 Å². The van der Waals surface area contributed by atoms with Crippen LogP contribution in [0.15, 0.2) is 29.2 Å². The lowest BCUT2D eigenvalue weighted by atomic mass is 10.1. The molecule has 0 aromatic heterocycles. The molecular weight excluding hydrogens is 354 g/mol. The Morgan fingerprint density at radius 3 is 2.19 bits per heavy atom. The second-order valence-corrected chi connectivity index (χ2v) is 9.63. The van der Waals surface area contributed by atoms with Gasteiger partial charge < -0.3 is 10.0 Å². The van der Waals surface area contributed by atoms with E-state index in [1.807, 2.05) is 0 Å². The molecule has 1 aromatic carbocycles. The van der Waals surface area contributed by atoms with Crippen LogP contribution in [0.1, 0.15) is 55.8 Å². The van der Waals surface area contributed by atoms with E-state index in [2.05, 4.69) is 0 Å². The number of rotatable bonds is 7. The summed E-state index contributed by atoms with van der Waals surface area (Å²) in [6.45, 7) is 1.75. The van der Waals surface area contributed by atoms with Gasteiger partial charge in [0.2, 0.25) is 0 Å². The first kappa shape index (κ1) is 18.9. The number of sulfone groups is 1. The van der Waals surface area contributed by atoms with Gasteiger partial charge >= 0.3 is 5.97 Å². The van der Waals surface area contributed by atoms with Crippen molar-refractivity contribution < 1.29 is 23.1 Å². The maximum absolute atomic E-state index is 12.8. The van der Waals surface area contributed by atoms with Crippen molar-refractivity contribution in [1.82, 2.24) is 4.90 Å². The molecule has 1 unspecified atom stereocenters. The quantitative estimate of drug-likeness (QED) is 0.786. The molecule has 3 rings (SSSR count). The van der Waals surface area contributed by atoms with E-state index < -0.39 is 21.7 Å². The Hall–Kier alpha value is -1.89. The van der Waals surface area contributed by atoms with E-state index in [-0.39, 0.29) is 28.6 Å². The van der Waals surface area contributed by atoms with Gasteiger partial charge in [-0.3, -0.25) is 9.59 Å². The second kappa shape index (κ2) is 7.39. The molecule has 2 fully saturated rings. The van der Waals surface area contributed by atoms with E-state index in [1.54, 1.807) is 24.0 Å². The molecule has 26 heavy (non-hydrogen) atoms. The lowest BCUT2D eigenvalue weighted by molar-refractivity contribution is -0.141. The summed E-state index contributed by atoms with van der Waals surface area (Å²) < 4.78 is 25.3. The molecule has 0 bridgehead atoms. The fourth-order valence-corrected chi connectivity index (χ4v) is 5.36. The molecule has 0 heterocycles. The molecule has 2 aliphatic carbocycles. The van der Waals surface area contributed by atoms with E-state index >= 15 is 0 Å². The summed E-state index contributed by atoms with van der Waals surface area (Å²) in [6, 6.07) is 6.20. The lowest BCUT2D eigenvalue weighted by Gasteiger charge is -2.24. The Morgan fingerprint density at radius 1 is 1.12 bits per heavy atom. The van der Waals surface area contributed by atoms with Gasteiger partial charge in [0, 0.05) is 18.2 Å². The largest absolute Gasteiger partial charge is 0.481 e. The zero-order valence-electron chi connectivity index (χ0n) is 14.9. The Morgan fingerprint density at radius 2 is 1.69 bits per heavy atom. The minimum atomic E-state index is -3.34. The van der Waals surface area contributed by atoms with Crippen LogP contribution >= 0.6 is 0 Å². The van der Waals surface area contributed by atoms with Crippen LogP contribution in [0.25, 0.3) is 0 Å². The standard InChI is InChI=1S/C19H25NO5S/c1-13(19(22)23)12-20(15-8-9-15)18(21)14-6-10-17(11-7-14)26(24,25)16-4-2-3-5-16/h6-7,10-11,13,15-16H,2-5,8-9,12H2,1H3,(H,22,23). The highest BCUT2D eigenvalue weighted by Crippen LogP contribution is 2.31. The van der Waals surface area contributed by atoms with Gasteiger partial charge in [-0.25, -0.2) is 8.42 Å². The van der Waals surface area contributed by atoms with E-state index in [4.69, 9.17) is 5.11 Å². The molecule has 6 nitrogen and oxygen atoms in total. The van der Waals surface area contributed by atoms with Crippen molar-refractivity contribution in [2.24, 2.45) is 5.92 Å². The summed E-state index contributed by atoms with van der Waals surface area (Å²) in [6.07, 6.45) is 5.05.